The molecule has 0 aliphatic heterocycles. The number of nitrogens with one attached hydrogen (secondary N) is 1. The zero-order valence-electron chi connectivity index (χ0n) is 13.8. The summed E-state index contributed by atoms with van der Waals surface area (Å²) in [6, 6.07) is 18.2. The highest BCUT2D eigenvalue weighted by Crippen LogP contribution is 2.20. The van der Waals surface area contributed by atoms with E-state index >= 15 is 0 Å². The van der Waals surface area contributed by atoms with Gasteiger partial charge in [0, 0.05) is 11.3 Å². The number of carbonyl (C=O) groups is 3. The van der Waals surface area contributed by atoms with E-state index in [0.29, 0.717) is 11.3 Å². The van der Waals surface area contributed by atoms with Gasteiger partial charge in [0.2, 0.25) is 0 Å². The molecule has 2 aromatic carbocycles. The summed E-state index contributed by atoms with van der Waals surface area (Å²) in [5, 5.41) is 1.59. The highest BCUT2D eigenvalue weighted by molar-refractivity contribution is 7.99. The quantitative estimate of drug-likeness (QED) is 0.357. The van der Waals surface area contributed by atoms with E-state index in [-0.39, 0.29) is 12.4 Å². The van der Waals surface area contributed by atoms with Crippen molar-refractivity contribution in [1.29, 1.82) is 0 Å². The molecule has 1 unspecified atom stereocenters. The molecule has 25 heavy (non-hydrogen) atoms. The molecule has 130 valence electrons. The van der Waals surface area contributed by atoms with Crippen LogP contribution >= 0.6 is 11.8 Å². The molecule has 0 spiro atoms. The third-order valence-electron chi connectivity index (χ3n) is 3.28. The number of ether oxygens (including phenoxy) is 1. The maximum absolute atomic E-state index is 12.7. The van der Waals surface area contributed by atoms with Crippen molar-refractivity contribution in [2.75, 3.05) is 6.61 Å². The molecule has 0 saturated heterocycles. The lowest BCUT2D eigenvalue weighted by Crippen LogP contribution is -2.42. The van der Waals surface area contributed by atoms with Crippen LogP contribution in [0.1, 0.15) is 22.8 Å². The van der Waals surface area contributed by atoms with E-state index in [1.165, 1.54) is 11.8 Å². The molecule has 0 bridgehead atoms. The summed E-state index contributed by atoms with van der Waals surface area (Å²) in [4.78, 5) is 36.2. The highest BCUT2D eigenvalue weighted by atomic mass is 32.2. The van der Waals surface area contributed by atoms with E-state index in [4.69, 9.17) is 0 Å². The fourth-order valence-electron chi connectivity index (χ4n) is 2.07. The van der Waals surface area contributed by atoms with Crippen LogP contribution < -0.4 is 5.32 Å². The number of amides is 1. The molecule has 2 rings (SSSR count). The molecule has 0 saturated carbocycles. The van der Waals surface area contributed by atoms with Crippen LogP contribution in [0, 0.1) is 0 Å². The second-order valence-corrected chi connectivity index (χ2v) is 6.19. The predicted molar refractivity (Wildman–Crippen MR) is 97.1 cm³/mol. The number of hydrogen-bond donors (Lipinski definition) is 1. The van der Waals surface area contributed by atoms with Crippen molar-refractivity contribution in [3.8, 4) is 0 Å². The molecule has 0 aromatic heterocycles. The van der Waals surface area contributed by atoms with Crippen LogP contribution in [0.3, 0.4) is 0 Å². The lowest BCUT2D eigenvalue weighted by atomic mass is 10.1. The van der Waals surface area contributed by atoms with Crippen LogP contribution in [0.5, 0.6) is 0 Å². The van der Waals surface area contributed by atoms with Gasteiger partial charge in [0.05, 0.1) is 6.61 Å². The Balaban J connectivity index is 2.11. The first kappa shape index (κ1) is 18.7. The highest BCUT2D eigenvalue weighted by Gasteiger charge is 2.26. The van der Waals surface area contributed by atoms with Crippen molar-refractivity contribution < 1.29 is 19.1 Å². The number of rotatable bonds is 7. The van der Waals surface area contributed by atoms with Crippen molar-refractivity contribution in [3.63, 3.8) is 0 Å². The monoisotopic (exact) mass is 357 g/mol. The number of Topliss-reactive ketones (excluding diaryl/α,β-unsaturated/α-hetero) is 1. The summed E-state index contributed by atoms with van der Waals surface area (Å²) in [5.41, 5.74) is 1.49. The second-order valence-electron chi connectivity index (χ2n) is 5.10. The van der Waals surface area contributed by atoms with Crippen LogP contribution in [-0.4, -0.2) is 29.6 Å². The summed E-state index contributed by atoms with van der Waals surface area (Å²) in [5.74, 6) is -1.66. The number of carbonyl (C=O) groups excluding carboxylic acids is 3. The van der Waals surface area contributed by atoms with Crippen LogP contribution in [-0.2, 0) is 20.1 Å². The topological polar surface area (TPSA) is 72.5 Å². The number of ketones is 1. The summed E-state index contributed by atoms with van der Waals surface area (Å²) in [7, 11) is 0. The third kappa shape index (κ3) is 5.76. The van der Waals surface area contributed by atoms with E-state index in [2.05, 4.69) is 10.1 Å². The first-order chi connectivity index (χ1) is 12.1. The number of esters is 1. The predicted octanol–water partition coefficient (Wildman–Crippen LogP) is 2.81. The van der Waals surface area contributed by atoms with Crippen LogP contribution in [0.4, 0.5) is 0 Å². The van der Waals surface area contributed by atoms with Gasteiger partial charge in [-0.3, -0.25) is 9.59 Å². The fourth-order valence-corrected chi connectivity index (χ4v) is 3.09. The van der Waals surface area contributed by atoms with Gasteiger partial charge in [-0.15, -0.1) is 11.8 Å². The number of benzene rings is 2. The number of thioether (sulfide) groups is 1. The Morgan fingerprint density at radius 3 is 2.20 bits per heavy atom. The smallest absolute Gasteiger partial charge is 0.396 e. The van der Waals surface area contributed by atoms with E-state index in [9.17, 15) is 14.4 Å². The van der Waals surface area contributed by atoms with Crippen molar-refractivity contribution in [1.82, 2.24) is 5.32 Å². The van der Waals surface area contributed by atoms with Gasteiger partial charge in [0.25, 0.3) is 0 Å². The zero-order valence-corrected chi connectivity index (χ0v) is 14.6. The van der Waals surface area contributed by atoms with Crippen LogP contribution in [0.2, 0.25) is 0 Å². The molecule has 1 amide bonds. The van der Waals surface area contributed by atoms with Gasteiger partial charge in [-0.1, -0.05) is 60.7 Å². The fraction of sp³-hybridized carbons (Fsp3) is 0.211. The molecule has 0 aliphatic carbocycles. The Bertz CT molecular complexity index is 719. The molecule has 5 nitrogen and oxygen atoms in total. The van der Waals surface area contributed by atoms with Gasteiger partial charge in [-0.05, 0) is 12.5 Å². The van der Waals surface area contributed by atoms with Crippen LogP contribution in [0.15, 0.2) is 60.7 Å². The Labute approximate surface area is 150 Å². The van der Waals surface area contributed by atoms with Gasteiger partial charge in [0.15, 0.2) is 5.78 Å². The summed E-state index contributed by atoms with van der Waals surface area (Å²) >= 11 is 1.25. The molecule has 0 radical (unpaired) electrons. The van der Waals surface area contributed by atoms with Gasteiger partial charge >= 0.3 is 11.9 Å². The average Bonchev–Trinajstić information content (AvgIpc) is 2.66. The lowest BCUT2D eigenvalue weighted by Gasteiger charge is -2.17. The Morgan fingerprint density at radius 1 is 1.00 bits per heavy atom. The normalized spacial score (nSPS) is 11.4. The average molecular weight is 357 g/mol. The van der Waals surface area contributed by atoms with E-state index in [1.807, 2.05) is 30.3 Å². The number of hydrogen-bond acceptors (Lipinski definition) is 5. The molecule has 2 aromatic rings. The minimum Gasteiger partial charge on any atom is -0.459 e. The van der Waals surface area contributed by atoms with Gasteiger partial charge < -0.3 is 10.1 Å². The van der Waals surface area contributed by atoms with Crippen molar-refractivity contribution in [3.05, 3.63) is 71.8 Å². The maximum atomic E-state index is 12.7. The molecule has 6 heteroatoms. The van der Waals surface area contributed by atoms with Gasteiger partial charge in [0.1, 0.15) is 5.37 Å². The van der Waals surface area contributed by atoms with Crippen molar-refractivity contribution in [2.24, 2.45) is 0 Å². The summed E-state index contributed by atoms with van der Waals surface area (Å²) in [6.07, 6.45) is 0. The SMILES string of the molecule is CCOC(=O)C(=O)NC(SCc1ccccc1)C(=O)c1ccccc1. The minimum atomic E-state index is -0.992. The first-order valence-corrected chi connectivity index (χ1v) is 8.89. The van der Waals surface area contributed by atoms with Gasteiger partial charge in [-0.25, -0.2) is 4.79 Å². The summed E-state index contributed by atoms with van der Waals surface area (Å²) in [6.45, 7) is 1.71. The maximum Gasteiger partial charge on any atom is 0.396 e. The molecule has 1 atom stereocenters. The van der Waals surface area contributed by atoms with E-state index in [1.54, 1.807) is 37.3 Å². The second kappa shape index (κ2) is 9.64. The van der Waals surface area contributed by atoms with E-state index < -0.39 is 17.3 Å². The molecular formula is C19H19NO4S. The van der Waals surface area contributed by atoms with Gasteiger partial charge in [-0.2, -0.15) is 0 Å². The molecule has 0 aliphatic rings. The standard InChI is InChI=1S/C19H19NO4S/c1-2-24-19(23)17(22)20-18(16(21)15-11-7-4-8-12-15)25-13-14-9-5-3-6-10-14/h3-12,18H,2,13H2,1H3,(H,20,22). The minimum absolute atomic E-state index is 0.0979. The largest absolute Gasteiger partial charge is 0.459 e. The lowest BCUT2D eigenvalue weighted by molar-refractivity contribution is -0.154. The molecular weight excluding hydrogens is 338 g/mol. The first-order valence-electron chi connectivity index (χ1n) is 7.84. The molecule has 1 N–H and O–H groups in total. The van der Waals surface area contributed by atoms with Crippen molar-refractivity contribution in [2.45, 2.75) is 18.1 Å². The Kier molecular flexibility index (Phi) is 7.22. The molecule has 0 heterocycles. The zero-order chi connectivity index (χ0) is 18.1. The Hall–Kier alpha value is -2.60. The summed E-state index contributed by atoms with van der Waals surface area (Å²) < 4.78 is 4.68. The van der Waals surface area contributed by atoms with E-state index in [0.717, 1.165) is 5.56 Å². The van der Waals surface area contributed by atoms with Crippen molar-refractivity contribution >= 4 is 29.4 Å². The molecule has 0 fully saturated rings. The third-order valence-corrected chi connectivity index (χ3v) is 4.44. The Morgan fingerprint density at radius 2 is 1.60 bits per heavy atom. The van der Waals surface area contributed by atoms with Crippen LogP contribution in [0.25, 0.3) is 0 Å².